The smallest absolute Gasteiger partial charge is 0.289 e. The SMILES string of the molecule is Cc1ccc(C(=O)N2CCC(c3nc4ccc(-c5ccncc5)cn4n3)C2)o1. The Morgan fingerprint density at radius 3 is 2.75 bits per heavy atom. The molecule has 0 spiro atoms. The van der Waals surface area contributed by atoms with E-state index < -0.39 is 0 Å². The molecule has 0 N–H and O–H groups in total. The average molecular weight is 373 g/mol. The molecule has 1 aliphatic heterocycles. The first-order chi connectivity index (χ1) is 13.7. The summed E-state index contributed by atoms with van der Waals surface area (Å²) in [6, 6.07) is 11.5. The van der Waals surface area contributed by atoms with Gasteiger partial charge in [0.05, 0.1) is 0 Å². The molecule has 1 saturated heterocycles. The monoisotopic (exact) mass is 373 g/mol. The minimum Gasteiger partial charge on any atom is -0.456 e. The molecule has 7 nitrogen and oxygen atoms in total. The molecule has 0 aromatic carbocycles. The highest BCUT2D eigenvalue weighted by Gasteiger charge is 2.31. The predicted molar refractivity (Wildman–Crippen MR) is 103 cm³/mol. The summed E-state index contributed by atoms with van der Waals surface area (Å²) in [5, 5.41) is 4.68. The van der Waals surface area contributed by atoms with Gasteiger partial charge in [-0.1, -0.05) is 0 Å². The van der Waals surface area contributed by atoms with E-state index in [1.165, 1.54) is 0 Å². The maximum absolute atomic E-state index is 12.6. The zero-order chi connectivity index (χ0) is 19.1. The van der Waals surface area contributed by atoms with Crippen LogP contribution < -0.4 is 0 Å². The number of aromatic nitrogens is 4. The number of likely N-dealkylation sites (tertiary alicyclic amines) is 1. The predicted octanol–water partition coefficient (Wildman–Crippen LogP) is 3.32. The van der Waals surface area contributed by atoms with Crippen LogP contribution in [0.1, 0.15) is 34.5 Å². The van der Waals surface area contributed by atoms with E-state index in [4.69, 9.17) is 4.42 Å². The molecule has 5 rings (SSSR count). The van der Waals surface area contributed by atoms with Crippen LogP contribution in [0.4, 0.5) is 0 Å². The number of nitrogens with zero attached hydrogens (tertiary/aromatic N) is 5. The molecule has 0 aliphatic carbocycles. The molecular weight excluding hydrogens is 354 g/mol. The van der Waals surface area contributed by atoms with Gasteiger partial charge in [0.1, 0.15) is 5.76 Å². The summed E-state index contributed by atoms with van der Waals surface area (Å²) in [5.74, 6) is 1.97. The van der Waals surface area contributed by atoms with Crippen LogP contribution in [0, 0.1) is 6.92 Å². The van der Waals surface area contributed by atoms with Crippen molar-refractivity contribution < 1.29 is 9.21 Å². The third-order valence-electron chi connectivity index (χ3n) is 5.15. The maximum atomic E-state index is 12.6. The van der Waals surface area contributed by atoms with Crippen molar-refractivity contribution in [1.29, 1.82) is 0 Å². The summed E-state index contributed by atoms with van der Waals surface area (Å²) in [6.07, 6.45) is 6.37. The lowest BCUT2D eigenvalue weighted by Crippen LogP contribution is -2.28. The number of rotatable bonds is 3. The average Bonchev–Trinajstić information content (AvgIpc) is 3.46. The van der Waals surface area contributed by atoms with Gasteiger partial charge in [0, 0.05) is 43.2 Å². The second-order valence-electron chi connectivity index (χ2n) is 7.07. The third-order valence-corrected chi connectivity index (χ3v) is 5.15. The molecule has 0 radical (unpaired) electrons. The minimum atomic E-state index is -0.0701. The van der Waals surface area contributed by atoms with Crippen molar-refractivity contribution in [2.45, 2.75) is 19.3 Å². The van der Waals surface area contributed by atoms with Crippen molar-refractivity contribution in [3.05, 3.63) is 72.3 Å². The number of fused-ring (bicyclic) bond motifs is 1. The van der Waals surface area contributed by atoms with E-state index in [2.05, 4.69) is 15.1 Å². The van der Waals surface area contributed by atoms with E-state index in [0.717, 1.165) is 34.8 Å². The lowest BCUT2D eigenvalue weighted by Gasteiger charge is -2.13. The Bertz CT molecular complexity index is 1150. The molecule has 0 saturated carbocycles. The number of furan rings is 1. The molecule has 1 fully saturated rings. The highest BCUT2D eigenvalue weighted by atomic mass is 16.3. The van der Waals surface area contributed by atoms with Crippen molar-refractivity contribution in [2.24, 2.45) is 0 Å². The standard InChI is InChI=1S/C21H19N5O2/c1-14-2-4-18(28-14)21(27)25-11-8-17(12-25)20-23-19-5-3-16(13-26(19)24-20)15-6-9-22-10-7-15/h2-7,9-10,13,17H,8,11-12H2,1H3. The van der Waals surface area contributed by atoms with Gasteiger partial charge < -0.3 is 9.32 Å². The van der Waals surface area contributed by atoms with Crippen molar-refractivity contribution in [3.8, 4) is 11.1 Å². The van der Waals surface area contributed by atoms with Gasteiger partial charge in [-0.3, -0.25) is 9.78 Å². The lowest BCUT2D eigenvalue weighted by molar-refractivity contribution is 0.0757. The molecule has 140 valence electrons. The van der Waals surface area contributed by atoms with Crippen LogP contribution in [-0.2, 0) is 0 Å². The van der Waals surface area contributed by atoms with E-state index in [1.807, 2.05) is 52.9 Å². The molecular formula is C21H19N5O2. The first kappa shape index (κ1) is 16.7. The van der Waals surface area contributed by atoms with Gasteiger partial charge in [0.25, 0.3) is 5.91 Å². The van der Waals surface area contributed by atoms with Gasteiger partial charge in [-0.2, -0.15) is 5.10 Å². The van der Waals surface area contributed by atoms with Crippen LogP contribution in [0.15, 0.2) is 59.4 Å². The molecule has 7 heteroatoms. The van der Waals surface area contributed by atoms with Gasteiger partial charge in [0.2, 0.25) is 0 Å². The summed E-state index contributed by atoms with van der Waals surface area (Å²) in [5.41, 5.74) is 2.95. The summed E-state index contributed by atoms with van der Waals surface area (Å²) in [4.78, 5) is 23.1. The number of carbonyl (C=O) groups excluding carboxylic acids is 1. The molecule has 28 heavy (non-hydrogen) atoms. The zero-order valence-electron chi connectivity index (χ0n) is 15.4. The van der Waals surface area contributed by atoms with Gasteiger partial charge in [-0.05, 0) is 55.3 Å². The topological polar surface area (TPSA) is 76.5 Å². The Hall–Kier alpha value is -3.48. The van der Waals surface area contributed by atoms with Crippen LogP contribution in [0.25, 0.3) is 16.8 Å². The first-order valence-electron chi connectivity index (χ1n) is 9.30. The summed E-state index contributed by atoms with van der Waals surface area (Å²) >= 11 is 0. The maximum Gasteiger partial charge on any atom is 0.289 e. The molecule has 0 bridgehead atoms. The van der Waals surface area contributed by atoms with Crippen molar-refractivity contribution in [1.82, 2.24) is 24.5 Å². The van der Waals surface area contributed by atoms with Gasteiger partial charge in [-0.25, -0.2) is 9.50 Å². The van der Waals surface area contributed by atoms with Crippen molar-refractivity contribution in [3.63, 3.8) is 0 Å². The number of carbonyl (C=O) groups is 1. The van der Waals surface area contributed by atoms with Crippen molar-refractivity contribution >= 4 is 11.6 Å². The first-order valence-corrected chi connectivity index (χ1v) is 9.30. The molecule has 1 aliphatic rings. The second-order valence-corrected chi connectivity index (χ2v) is 7.07. The van der Waals surface area contributed by atoms with E-state index >= 15 is 0 Å². The van der Waals surface area contributed by atoms with Crippen LogP contribution in [0.2, 0.25) is 0 Å². The molecule has 1 unspecified atom stereocenters. The van der Waals surface area contributed by atoms with Gasteiger partial charge >= 0.3 is 0 Å². The fourth-order valence-electron chi connectivity index (χ4n) is 3.65. The largest absolute Gasteiger partial charge is 0.456 e. The number of hydrogen-bond donors (Lipinski definition) is 0. The lowest BCUT2D eigenvalue weighted by atomic mass is 10.1. The van der Waals surface area contributed by atoms with E-state index in [-0.39, 0.29) is 11.8 Å². The minimum absolute atomic E-state index is 0.0701. The van der Waals surface area contributed by atoms with Crippen LogP contribution in [0.5, 0.6) is 0 Å². The van der Waals surface area contributed by atoms with Crippen LogP contribution >= 0.6 is 0 Å². The molecule has 4 aromatic heterocycles. The van der Waals surface area contributed by atoms with E-state index in [0.29, 0.717) is 18.8 Å². The summed E-state index contributed by atoms with van der Waals surface area (Å²) in [7, 11) is 0. The highest BCUT2D eigenvalue weighted by Crippen LogP contribution is 2.27. The summed E-state index contributed by atoms with van der Waals surface area (Å²) in [6.45, 7) is 3.12. The number of pyridine rings is 2. The van der Waals surface area contributed by atoms with Crippen LogP contribution in [-0.4, -0.2) is 43.5 Å². The fourth-order valence-corrected chi connectivity index (χ4v) is 3.65. The normalized spacial score (nSPS) is 16.8. The molecule has 5 heterocycles. The van der Waals surface area contributed by atoms with E-state index in [9.17, 15) is 4.79 Å². The number of aryl methyl sites for hydroxylation is 1. The Morgan fingerprint density at radius 2 is 1.96 bits per heavy atom. The third kappa shape index (κ3) is 2.94. The number of hydrogen-bond acceptors (Lipinski definition) is 5. The van der Waals surface area contributed by atoms with Crippen molar-refractivity contribution in [2.75, 3.05) is 13.1 Å². The summed E-state index contributed by atoms with van der Waals surface area (Å²) < 4.78 is 7.28. The zero-order valence-corrected chi connectivity index (χ0v) is 15.4. The Balaban J connectivity index is 1.37. The fraction of sp³-hybridized carbons (Fsp3) is 0.238. The molecule has 4 aromatic rings. The Labute approximate surface area is 161 Å². The molecule has 1 amide bonds. The van der Waals surface area contributed by atoms with E-state index in [1.54, 1.807) is 18.5 Å². The highest BCUT2D eigenvalue weighted by molar-refractivity contribution is 5.91. The Kier molecular flexibility index (Phi) is 3.93. The molecule has 1 atom stereocenters. The second kappa shape index (κ2) is 6.60. The Morgan fingerprint density at radius 1 is 1.11 bits per heavy atom. The van der Waals surface area contributed by atoms with Gasteiger partial charge in [0.15, 0.2) is 17.2 Å². The quantitative estimate of drug-likeness (QED) is 0.551. The van der Waals surface area contributed by atoms with Crippen LogP contribution in [0.3, 0.4) is 0 Å². The van der Waals surface area contributed by atoms with Gasteiger partial charge in [-0.15, -0.1) is 0 Å². The number of amides is 1.